The zero-order chi connectivity index (χ0) is 19.8. The van der Waals surface area contributed by atoms with E-state index in [0.29, 0.717) is 30.2 Å². The van der Waals surface area contributed by atoms with E-state index in [0.717, 1.165) is 11.3 Å². The highest BCUT2D eigenvalue weighted by Gasteiger charge is 2.16. The number of aromatic nitrogens is 4. The monoisotopic (exact) mass is 422 g/mol. The Morgan fingerprint density at radius 3 is 2.61 bits per heavy atom. The smallest absolute Gasteiger partial charge is 0.250 e. The molecular formula is C18H23ClN6O2S. The number of rotatable bonds is 5. The lowest BCUT2D eigenvalue weighted by Crippen LogP contribution is -3.00. The van der Waals surface area contributed by atoms with E-state index < -0.39 is 5.91 Å². The molecule has 3 heterocycles. The van der Waals surface area contributed by atoms with Crippen molar-refractivity contribution in [3.05, 3.63) is 63.8 Å². The van der Waals surface area contributed by atoms with Gasteiger partial charge in [0.15, 0.2) is 12.2 Å². The number of nitrogens with two attached hydrogens (primary N) is 2. The lowest BCUT2D eigenvalue weighted by atomic mass is 10.2. The second-order valence-electron chi connectivity index (χ2n) is 5.77. The van der Waals surface area contributed by atoms with Crippen molar-refractivity contribution in [1.29, 1.82) is 0 Å². The van der Waals surface area contributed by atoms with Gasteiger partial charge in [0.25, 0.3) is 0 Å². The van der Waals surface area contributed by atoms with E-state index in [1.807, 2.05) is 19.4 Å². The molecule has 0 aliphatic heterocycles. The Labute approximate surface area is 173 Å². The number of halogens is 1. The van der Waals surface area contributed by atoms with Crippen molar-refractivity contribution in [1.82, 2.24) is 15.0 Å². The molecule has 3 aromatic rings. The molecule has 0 unspecified atom stereocenters. The molecular weight excluding hydrogens is 400 g/mol. The number of nitrogen functional groups attached to an aromatic ring is 1. The van der Waals surface area contributed by atoms with Crippen LogP contribution in [-0.4, -0.2) is 32.6 Å². The van der Waals surface area contributed by atoms with Crippen molar-refractivity contribution in [2.24, 2.45) is 5.73 Å². The van der Waals surface area contributed by atoms with Gasteiger partial charge in [0.05, 0.1) is 16.0 Å². The van der Waals surface area contributed by atoms with Gasteiger partial charge in [-0.15, -0.1) is 0 Å². The molecule has 0 radical (unpaired) electrons. The fraction of sp³-hybridized carbons (Fsp3) is 0.278. The average molecular weight is 423 g/mol. The molecule has 0 aliphatic carbocycles. The number of amides is 1. The summed E-state index contributed by atoms with van der Waals surface area (Å²) in [6.07, 6.45) is 5.49. The summed E-state index contributed by atoms with van der Waals surface area (Å²) < 4.78 is 2.11. The minimum Gasteiger partial charge on any atom is -1.00 e. The molecule has 0 fully saturated rings. The second-order valence-corrected chi connectivity index (χ2v) is 6.71. The second kappa shape index (κ2) is 11.3. The van der Waals surface area contributed by atoms with Crippen LogP contribution in [0.1, 0.15) is 32.3 Å². The van der Waals surface area contributed by atoms with Crippen LogP contribution >= 0.6 is 11.3 Å². The van der Waals surface area contributed by atoms with Gasteiger partial charge in [0, 0.05) is 38.5 Å². The maximum Gasteiger partial charge on any atom is 0.250 e. The summed E-state index contributed by atoms with van der Waals surface area (Å²) in [5, 5.41) is 8.98. The van der Waals surface area contributed by atoms with Crippen LogP contribution in [0.5, 0.6) is 0 Å². The number of aliphatic hydroxyl groups excluding tert-OH is 1. The molecule has 0 aromatic carbocycles. The van der Waals surface area contributed by atoms with Crippen molar-refractivity contribution in [2.45, 2.75) is 26.8 Å². The SMILES string of the molecule is Cc1ncc(C[n+]2csc(CCO)c2C)c(N)n1.NC(=O)c1cccnc1.[Cl-]. The molecule has 28 heavy (non-hydrogen) atoms. The number of carbonyl (C=O) groups excluding carboxylic acids is 1. The summed E-state index contributed by atoms with van der Waals surface area (Å²) in [5.74, 6) is 0.775. The summed E-state index contributed by atoms with van der Waals surface area (Å²) >= 11 is 1.65. The first-order chi connectivity index (χ1) is 12.9. The predicted molar refractivity (Wildman–Crippen MR) is 103 cm³/mol. The number of anilines is 1. The van der Waals surface area contributed by atoms with Gasteiger partial charge in [0.2, 0.25) is 11.4 Å². The predicted octanol–water partition coefficient (Wildman–Crippen LogP) is -2.21. The van der Waals surface area contributed by atoms with E-state index in [9.17, 15) is 4.79 Å². The lowest BCUT2D eigenvalue weighted by Gasteiger charge is -2.01. The number of nitrogens with zero attached hydrogens (tertiary/aromatic N) is 4. The van der Waals surface area contributed by atoms with Gasteiger partial charge in [-0.1, -0.05) is 11.3 Å². The number of aliphatic hydroxyl groups is 1. The first-order valence-electron chi connectivity index (χ1n) is 8.27. The molecule has 8 nitrogen and oxygen atoms in total. The highest BCUT2D eigenvalue weighted by Crippen LogP contribution is 2.13. The van der Waals surface area contributed by atoms with Gasteiger partial charge in [0.1, 0.15) is 11.6 Å². The van der Waals surface area contributed by atoms with Gasteiger partial charge in [-0.05, 0) is 19.1 Å². The molecule has 10 heteroatoms. The van der Waals surface area contributed by atoms with Crippen molar-refractivity contribution in [3.8, 4) is 0 Å². The van der Waals surface area contributed by atoms with E-state index in [1.165, 1.54) is 11.1 Å². The van der Waals surface area contributed by atoms with E-state index in [4.69, 9.17) is 16.6 Å². The minimum absolute atomic E-state index is 0. The highest BCUT2D eigenvalue weighted by atomic mass is 35.5. The van der Waals surface area contributed by atoms with E-state index in [1.54, 1.807) is 35.9 Å². The van der Waals surface area contributed by atoms with Crippen molar-refractivity contribution in [2.75, 3.05) is 12.3 Å². The molecule has 0 saturated heterocycles. The van der Waals surface area contributed by atoms with Crippen molar-refractivity contribution < 1.29 is 26.9 Å². The molecule has 0 spiro atoms. The van der Waals surface area contributed by atoms with Crippen molar-refractivity contribution in [3.63, 3.8) is 0 Å². The van der Waals surface area contributed by atoms with Gasteiger partial charge in [-0.25, -0.2) is 9.97 Å². The van der Waals surface area contributed by atoms with Crippen LogP contribution in [0.25, 0.3) is 0 Å². The third kappa shape index (κ3) is 6.52. The molecule has 3 rings (SSSR count). The molecule has 0 aliphatic rings. The fourth-order valence-corrected chi connectivity index (χ4v) is 3.26. The Bertz CT molecular complexity index is 904. The number of thiazole rings is 1. The Balaban J connectivity index is 0.000000332. The first-order valence-corrected chi connectivity index (χ1v) is 9.15. The fourth-order valence-electron chi connectivity index (χ4n) is 2.28. The number of carbonyl (C=O) groups is 1. The normalized spacial score (nSPS) is 9.82. The summed E-state index contributed by atoms with van der Waals surface area (Å²) in [6, 6.07) is 3.29. The Kier molecular flexibility index (Phi) is 9.43. The largest absolute Gasteiger partial charge is 1.00 e. The van der Waals surface area contributed by atoms with E-state index in [2.05, 4.69) is 19.5 Å². The first kappa shape index (κ1) is 23.4. The Morgan fingerprint density at radius 1 is 1.32 bits per heavy atom. The maximum absolute atomic E-state index is 10.4. The summed E-state index contributed by atoms with van der Waals surface area (Å²) in [7, 11) is 0. The molecule has 0 saturated carbocycles. The third-order valence-corrected chi connectivity index (χ3v) is 4.94. The van der Waals surface area contributed by atoms with Gasteiger partial charge in [-0.3, -0.25) is 9.78 Å². The molecule has 0 bridgehead atoms. The van der Waals surface area contributed by atoms with Crippen LogP contribution in [0, 0.1) is 13.8 Å². The van der Waals surface area contributed by atoms with Gasteiger partial charge in [-0.2, -0.15) is 4.57 Å². The van der Waals surface area contributed by atoms with Crippen LogP contribution in [0.15, 0.2) is 36.2 Å². The molecule has 5 N–H and O–H groups in total. The Morgan fingerprint density at radius 2 is 2.07 bits per heavy atom. The molecule has 3 aromatic heterocycles. The molecule has 0 atom stereocenters. The highest BCUT2D eigenvalue weighted by molar-refractivity contribution is 7.09. The number of aryl methyl sites for hydroxylation is 1. The number of hydrogen-bond donors (Lipinski definition) is 3. The van der Waals surface area contributed by atoms with Crippen LogP contribution in [0.4, 0.5) is 5.82 Å². The molecule has 150 valence electrons. The minimum atomic E-state index is -0.442. The lowest BCUT2D eigenvalue weighted by molar-refractivity contribution is -0.689. The van der Waals surface area contributed by atoms with Crippen molar-refractivity contribution >= 4 is 23.1 Å². The van der Waals surface area contributed by atoms with Gasteiger partial charge >= 0.3 is 0 Å². The summed E-state index contributed by atoms with van der Waals surface area (Å²) in [4.78, 5) is 23.6. The quantitative estimate of drug-likeness (QED) is 0.399. The number of hydrogen-bond acceptors (Lipinski definition) is 7. The van der Waals surface area contributed by atoms with Crippen LogP contribution in [-0.2, 0) is 13.0 Å². The number of primary amides is 1. The third-order valence-electron chi connectivity index (χ3n) is 3.80. The molecule has 1 amide bonds. The summed E-state index contributed by atoms with van der Waals surface area (Å²) in [6.45, 7) is 4.71. The van der Waals surface area contributed by atoms with Gasteiger partial charge < -0.3 is 29.0 Å². The van der Waals surface area contributed by atoms with E-state index >= 15 is 0 Å². The van der Waals surface area contributed by atoms with E-state index in [-0.39, 0.29) is 19.0 Å². The summed E-state index contributed by atoms with van der Waals surface area (Å²) in [5.41, 5.74) is 15.4. The zero-order valence-electron chi connectivity index (χ0n) is 15.7. The average Bonchev–Trinajstić information content (AvgIpc) is 2.99. The zero-order valence-corrected chi connectivity index (χ0v) is 17.2. The standard InChI is InChI=1S/C12H17N4OS.C6H6N2O.ClH/c1-8-11(3-4-17)18-7-16(8)6-10-5-14-9(2)15-12(10)13;7-6(9)5-2-1-3-8-4-5;/h5,7,17H,3-4,6H2,1-2H3,(H2,13,14,15);1-4H,(H2,7,9);1H/q+1;;/p-1. The topological polar surface area (TPSA) is 132 Å². The van der Waals surface area contributed by atoms with Crippen LogP contribution < -0.4 is 28.4 Å². The van der Waals surface area contributed by atoms with Crippen LogP contribution in [0.3, 0.4) is 0 Å². The Hall–Kier alpha value is -2.62. The number of pyridine rings is 1. The van der Waals surface area contributed by atoms with Crippen LogP contribution in [0.2, 0.25) is 0 Å². The maximum atomic E-state index is 10.4.